The van der Waals surface area contributed by atoms with Gasteiger partial charge in [-0.3, -0.25) is 14.5 Å². The summed E-state index contributed by atoms with van der Waals surface area (Å²) in [5.41, 5.74) is 6.76. The van der Waals surface area contributed by atoms with Gasteiger partial charge in [0.1, 0.15) is 5.69 Å². The normalized spacial score (nSPS) is 13.0. The maximum atomic E-state index is 13.2. The van der Waals surface area contributed by atoms with Gasteiger partial charge in [-0.25, -0.2) is 9.97 Å². The number of carbonyl (C=O) groups is 1. The summed E-state index contributed by atoms with van der Waals surface area (Å²) in [6.07, 6.45) is 5.38. The molecule has 9 nitrogen and oxygen atoms in total. The highest BCUT2D eigenvalue weighted by Gasteiger charge is 2.32. The summed E-state index contributed by atoms with van der Waals surface area (Å²) < 4.78 is 2.68. The smallest absolute Gasteiger partial charge is 0.277 e. The fourth-order valence-electron chi connectivity index (χ4n) is 4.43. The fourth-order valence-corrected chi connectivity index (χ4v) is 4.86. The zero-order chi connectivity index (χ0) is 24.3. The number of rotatable bonds is 4. The van der Waals surface area contributed by atoms with Crippen LogP contribution in [0.25, 0.3) is 22.2 Å². The molecule has 0 saturated carbocycles. The van der Waals surface area contributed by atoms with Crippen LogP contribution in [0.1, 0.15) is 27.3 Å². The SMILES string of the molecule is Cc1cnc(Nc2cc(C)n(C)n2)nc1-c1c[nH]c2c(N3Cc4c(Br)ccnc4C3=O)cccc12. The Morgan fingerprint density at radius 2 is 2.00 bits per heavy atom. The van der Waals surface area contributed by atoms with Crippen molar-refractivity contribution in [2.45, 2.75) is 20.4 Å². The van der Waals surface area contributed by atoms with E-state index in [0.29, 0.717) is 24.0 Å². The van der Waals surface area contributed by atoms with Crippen LogP contribution < -0.4 is 10.2 Å². The predicted octanol–water partition coefficient (Wildman–Crippen LogP) is 5.04. The Morgan fingerprint density at radius 3 is 2.77 bits per heavy atom. The highest BCUT2D eigenvalue weighted by atomic mass is 79.9. The molecule has 174 valence electrons. The van der Waals surface area contributed by atoms with E-state index in [0.717, 1.165) is 49.1 Å². The summed E-state index contributed by atoms with van der Waals surface area (Å²) >= 11 is 3.55. The monoisotopic (exact) mass is 528 g/mol. The van der Waals surface area contributed by atoms with Crippen LogP contribution in [0.3, 0.4) is 0 Å². The molecular formula is C25H21BrN8O. The van der Waals surface area contributed by atoms with Crippen LogP contribution in [-0.2, 0) is 13.6 Å². The number of hydrogen-bond donors (Lipinski definition) is 2. The van der Waals surface area contributed by atoms with Crippen molar-refractivity contribution in [3.05, 3.63) is 75.9 Å². The largest absolute Gasteiger partial charge is 0.359 e. The molecule has 6 rings (SSSR count). The molecule has 0 radical (unpaired) electrons. The van der Waals surface area contributed by atoms with Crippen LogP contribution in [0.5, 0.6) is 0 Å². The van der Waals surface area contributed by atoms with E-state index < -0.39 is 0 Å². The van der Waals surface area contributed by atoms with Gasteiger partial charge in [0, 0.05) is 58.4 Å². The zero-order valence-electron chi connectivity index (χ0n) is 19.3. The number of anilines is 3. The Kier molecular flexibility index (Phi) is 4.92. The second kappa shape index (κ2) is 8.02. The van der Waals surface area contributed by atoms with E-state index in [1.165, 1.54) is 0 Å². The van der Waals surface area contributed by atoms with Crippen molar-refractivity contribution in [1.82, 2.24) is 29.7 Å². The molecule has 4 aromatic heterocycles. The molecule has 0 saturated heterocycles. The van der Waals surface area contributed by atoms with E-state index in [1.54, 1.807) is 22.0 Å². The first-order chi connectivity index (χ1) is 16.9. The number of aromatic nitrogens is 6. The first kappa shape index (κ1) is 21.5. The van der Waals surface area contributed by atoms with Crippen molar-refractivity contribution < 1.29 is 4.79 Å². The molecule has 0 aliphatic carbocycles. The lowest BCUT2D eigenvalue weighted by Crippen LogP contribution is -2.23. The highest BCUT2D eigenvalue weighted by Crippen LogP contribution is 2.38. The number of pyridine rings is 1. The van der Waals surface area contributed by atoms with E-state index >= 15 is 0 Å². The van der Waals surface area contributed by atoms with Gasteiger partial charge in [-0.05, 0) is 31.5 Å². The van der Waals surface area contributed by atoms with Gasteiger partial charge in [0.05, 0.1) is 23.4 Å². The lowest BCUT2D eigenvalue weighted by atomic mass is 10.1. The second-order valence-corrected chi connectivity index (χ2v) is 9.41. The Bertz CT molecular complexity index is 1620. The molecule has 5 heterocycles. The average Bonchev–Trinajstić information content (AvgIpc) is 3.51. The molecule has 1 aliphatic rings. The average molecular weight is 529 g/mol. The van der Waals surface area contributed by atoms with Crippen molar-refractivity contribution in [2.75, 3.05) is 10.2 Å². The third-order valence-electron chi connectivity index (χ3n) is 6.33. The number of halogens is 1. The van der Waals surface area contributed by atoms with Crippen LogP contribution in [0, 0.1) is 13.8 Å². The lowest BCUT2D eigenvalue weighted by Gasteiger charge is -2.16. The zero-order valence-corrected chi connectivity index (χ0v) is 20.9. The molecule has 0 atom stereocenters. The molecule has 1 aromatic carbocycles. The van der Waals surface area contributed by atoms with Crippen LogP contribution in [0.2, 0.25) is 0 Å². The number of H-pyrrole nitrogens is 1. The first-order valence-corrected chi connectivity index (χ1v) is 11.9. The third kappa shape index (κ3) is 3.48. The predicted molar refractivity (Wildman–Crippen MR) is 138 cm³/mol. The number of amides is 1. The summed E-state index contributed by atoms with van der Waals surface area (Å²) in [4.78, 5) is 31.8. The topological polar surface area (TPSA) is 105 Å². The molecule has 0 bridgehead atoms. The van der Waals surface area contributed by atoms with Gasteiger partial charge in [-0.2, -0.15) is 5.10 Å². The van der Waals surface area contributed by atoms with E-state index in [9.17, 15) is 4.79 Å². The minimum absolute atomic E-state index is 0.111. The molecule has 2 N–H and O–H groups in total. The van der Waals surface area contributed by atoms with Gasteiger partial charge >= 0.3 is 0 Å². The second-order valence-electron chi connectivity index (χ2n) is 8.56. The van der Waals surface area contributed by atoms with E-state index in [2.05, 4.69) is 41.3 Å². The Balaban J connectivity index is 1.40. The van der Waals surface area contributed by atoms with E-state index in [-0.39, 0.29) is 5.91 Å². The van der Waals surface area contributed by atoms with Crippen LogP contribution >= 0.6 is 15.9 Å². The summed E-state index contributed by atoms with van der Waals surface area (Å²) in [6.45, 7) is 4.43. The lowest BCUT2D eigenvalue weighted by molar-refractivity contribution is 0.0992. The van der Waals surface area contributed by atoms with Gasteiger partial charge in [0.2, 0.25) is 5.95 Å². The maximum absolute atomic E-state index is 13.2. The number of hydrogen-bond acceptors (Lipinski definition) is 6. The first-order valence-electron chi connectivity index (χ1n) is 11.1. The summed E-state index contributed by atoms with van der Waals surface area (Å²) in [6, 6.07) is 9.74. The summed E-state index contributed by atoms with van der Waals surface area (Å²) in [7, 11) is 1.89. The van der Waals surface area contributed by atoms with Crippen molar-refractivity contribution in [2.24, 2.45) is 7.05 Å². The maximum Gasteiger partial charge on any atom is 0.277 e. The number of aryl methyl sites for hydroxylation is 3. The van der Waals surface area contributed by atoms with Crippen molar-refractivity contribution >= 4 is 50.2 Å². The molecule has 35 heavy (non-hydrogen) atoms. The molecule has 1 amide bonds. The van der Waals surface area contributed by atoms with Gasteiger partial charge in [-0.15, -0.1) is 0 Å². The molecular weight excluding hydrogens is 508 g/mol. The summed E-state index contributed by atoms with van der Waals surface area (Å²) in [5, 5.41) is 8.59. The number of benzene rings is 1. The van der Waals surface area contributed by atoms with Gasteiger partial charge < -0.3 is 15.2 Å². The Morgan fingerprint density at radius 1 is 1.14 bits per heavy atom. The molecule has 0 unspecified atom stereocenters. The molecule has 5 aromatic rings. The number of aromatic amines is 1. The van der Waals surface area contributed by atoms with E-state index in [4.69, 9.17) is 4.98 Å². The number of para-hydroxylation sites is 1. The number of nitrogens with zero attached hydrogens (tertiary/aromatic N) is 6. The van der Waals surface area contributed by atoms with Gasteiger partial charge in [0.15, 0.2) is 5.82 Å². The molecule has 0 fully saturated rings. The third-order valence-corrected chi connectivity index (χ3v) is 7.07. The van der Waals surface area contributed by atoms with Crippen molar-refractivity contribution in [3.8, 4) is 11.3 Å². The van der Waals surface area contributed by atoms with Crippen LogP contribution in [-0.4, -0.2) is 35.6 Å². The minimum atomic E-state index is -0.111. The van der Waals surface area contributed by atoms with Gasteiger partial charge in [0.25, 0.3) is 5.91 Å². The van der Waals surface area contributed by atoms with Crippen LogP contribution in [0.15, 0.2) is 53.4 Å². The Hall–Kier alpha value is -4.05. The molecule has 0 spiro atoms. The number of fused-ring (bicyclic) bond motifs is 2. The number of carbonyl (C=O) groups excluding carboxylic acids is 1. The highest BCUT2D eigenvalue weighted by molar-refractivity contribution is 9.10. The van der Waals surface area contributed by atoms with E-state index in [1.807, 2.05) is 57.4 Å². The number of nitrogens with one attached hydrogen (secondary N) is 2. The van der Waals surface area contributed by atoms with Crippen molar-refractivity contribution in [1.29, 1.82) is 0 Å². The Labute approximate surface area is 209 Å². The summed E-state index contributed by atoms with van der Waals surface area (Å²) in [5.74, 6) is 1.04. The van der Waals surface area contributed by atoms with Gasteiger partial charge in [-0.1, -0.05) is 28.1 Å². The van der Waals surface area contributed by atoms with Crippen LogP contribution in [0.4, 0.5) is 17.5 Å². The minimum Gasteiger partial charge on any atom is -0.359 e. The van der Waals surface area contributed by atoms with Crippen molar-refractivity contribution in [3.63, 3.8) is 0 Å². The quantitative estimate of drug-likeness (QED) is 0.338. The fraction of sp³-hybridized carbons (Fsp3) is 0.160. The molecule has 10 heteroatoms. The standard InChI is InChI=1S/C25H21BrN8O/c1-13-10-29-25(30-20-9-14(2)33(3)32-20)31-21(13)16-11-28-22-15(16)5-4-6-19(22)34-12-17-18(26)7-8-27-23(17)24(34)35/h4-11,28H,12H2,1-3H3,(H,29,30,31,32). The molecule has 1 aliphatic heterocycles.